The molecule has 1 rings (SSSR count). The summed E-state index contributed by atoms with van der Waals surface area (Å²) in [5.41, 5.74) is 0.948. The third kappa shape index (κ3) is 6.18. The van der Waals surface area contributed by atoms with Crippen LogP contribution in [0, 0.1) is 5.92 Å². The number of nitrogens with zero attached hydrogens (tertiary/aromatic N) is 1. The van der Waals surface area contributed by atoms with Gasteiger partial charge in [0.15, 0.2) is 0 Å². The van der Waals surface area contributed by atoms with Crippen LogP contribution in [-0.2, 0) is 9.59 Å². The van der Waals surface area contributed by atoms with Crippen LogP contribution in [-0.4, -0.2) is 35.0 Å². The second-order valence-corrected chi connectivity index (χ2v) is 5.07. The first-order chi connectivity index (χ1) is 9.49. The normalized spacial score (nSPS) is 10.9. The molecular weight excluding hydrogens is 254 g/mol. The second kappa shape index (κ2) is 8.15. The quantitative estimate of drug-likeness (QED) is 0.778. The molecule has 1 amide bonds. The van der Waals surface area contributed by atoms with Gasteiger partial charge in [0.05, 0.1) is 6.42 Å². The maximum atomic E-state index is 12.1. The molecule has 20 heavy (non-hydrogen) atoms. The van der Waals surface area contributed by atoms with Crippen molar-refractivity contribution in [2.24, 2.45) is 5.92 Å². The molecule has 0 aliphatic carbocycles. The van der Waals surface area contributed by atoms with Crippen molar-refractivity contribution in [2.45, 2.75) is 20.3 Å². The van der Waals surface area contributed by atoms with Crippen molar-refractivity contribution in [1.29, 1.82) is 0 Å². The van der Waals surface area contributed by atoms with Crippen LogP contribution in [0.5, 0.6) is 0 Å². The summed E-state index contributed by atoms with van der Waals surface area (Å²) < 4.78 is 0. The van der Waals surface area contributed by atoms with Gasteiger partial charge in [0, 0.05) is 19.2 Å². The van der Waals surface area contributed by atoms with Crippen LogP contribution in [0.15, 0.2) is 36.4 Å². The van der Waals surface area contributed by atoms with Crippen LogP contribution in [0.1, 0.15) is 25.8 Å². The molecule has 0 aliphatic heterocycles. The van der Waals surface area contributed by atoms with E-state index in [4.69, 9.17) is 5.11 Å². The van der Waals surface area contributed by atoms with E-state index in [0.29, 0.717) is 12.5 Å². The van der Waals surface area contributed by atoms with E-state index in [-0.39, 0.29) is 18.9 Å². The molecule has 4 heteroatoms. The Balaban J connectivity index is 2.67. The highest BCUT2D eigenvalue weighted by Crippen LogP contribution is 2.05. The first-order valence-electron chi connectivity index (χ1n) is 6.73. The number of hydrogen-bond acceptors (Lipinski definition) is 2. The molecule has 1 aromatic rings. The van der Waals surface area contributed by atoms with Crippen LogP contribution in [0.25, 0.3) is 6.08 Å². The molecule has 0 fully saturated rings. The lowest BCUT2D eigenvalue weighted by Crippen LogP contribution is -2.34. The molecule has 0 aliphatic rings. The van der Waals surface area contributed by atoms with E-state index < -0.39 is 5.97 Å². The zero-order valence-corrected chi connectivity index (χ0v) is 12.0. The summed E-state index contributed by atoms with van der Waals surface area (Å²) in [6.07, 6.45) is 3.22. The average Bonchev–Trinajstić information content (AvgIpc) is 2.41. The minimum absolute atomic E-state index is 0.0301. The van der Waals surface area contributed by atoms with Crippen LogP contribution in [0.2, 0.25) is 0 Å². The van der Waals surface area contributed by atoms with E-state index in [1.165, 1.54) is 6.08 Å². The van der Waals surface area contributed by atoms with Crippen molar-refractivity contribution in [1.82, 2.24) is 4.90 Å². The molecule has 4 nitrogen and oxygen atoms in total. The largest absolute Gasteiger partial charge is 0.481 e. The number of amides is 1. The average molecular weight is 275 g/mol. The summed E-state index contributed by atoms with van der Waals surface area (Å²) in [6, 6.07) is 9.54. The molecule has 108 valence electrons. The Morgan fingerprint density at radius 2 is 1.90 bits per heavy atom. The van der Waals surface area contributed by atoms with E-state index in [9.17, 15) is 9.59 Å². The number of rotatable bonds is 7. The van der Waals surface area contributed by atoms with Gasteiger partial charge in [-0.2, -0.15) is 0 Å². The fourth-order valence-electron chi connectivity index (χ4n) is 1.80. The molecule has 0 saturated carbocycles. The lowest BCUT2D eigenvalue weighted by atomic mass is 10.2. The van der Waals surface area contributed by atoms with E-state index in [2.05, 4.69) is 0 Å². The number of aliphatic carboxylic acids is 1. The third-order valence-corrected chi connectivity index (χ3v) is 2.71. The minimum Gasteiger partial charge on any atom is -0.481 e. The number of carbonyl (C=O) groups is 2. The van der Waals surface area contributed by atoms with Crippen molar-refractivity contribution >= 4 is 18.0 Å². The Morgan fingerprint density at radius 3 is 2.45 bits per heavy atom. The van der Waals surface area contributed by atoms with Gasteiger partial charge >= 0.3 is 5.97 Å². The smallest absolute Gasteiger partial charge is 0.305 e. The maximum absolute atomic E-state index is 12.1. The third-order valence-electron chi connectivity index (χ3n) is 2.71. The summed E-state index contributed by atoms with van der Waals surface area (Å²) in [5.74, 6) is -0.736. The number of benzene rings is 1. The Hall–Kier alpha value is -2.10. The van der Waals surface area contributed by atoms with Crippen LogP contribution < -0.4 is 0 Å². The number of hydrogen-bond donors (Lipinski definition) is 1. The summed E-state index contributed by atoms with van der Waals surface area (Å²) in [4.78, 5) is 24.3. The molecule has 1 aromatic carbocycles. The van der Waals surface area contributed by atoms with Gasteiger partial charge in [-0.1, -0.05) is 44.2 Å². The highest BCUT2D eigenvalue weighted by molar-refractivity contribution is 5.92. The fourth-order valence-corrected chi connectivity index (χ4v) is 1.80. The predicted octanol–water partition coefficient (Wildman–Crippen LogP) is 2.66. The van der Waals surface area contributed by atoms with Gasteiger partial charge in [-0.3, -0.25) is 9.59 Å². The molecule has 0 spiro atoms. The van der Waals surface area contributed by atoms with Gasteiger partial charge in [-0.05, 0) is 17.6 Å². The van der Waals surface area contributed by atoms with Crippen molar-refractivity contribution in [2.75, 3.05) is 13.1 Å². The van der Waals surface area contributed by atoms with E-state index in [1.807, 2.05) is 44.2 Å². The van der Waals surface area contributed by atoms with E-state index >= 15 is 0 Å². The van der Waals surface area contributed by atoms with Gasteiger partial charge in [0.2, 0.25) is 5.91 Å². The summed E-state index contributed by atoms with van der Waals surface area (Å²) in [6.45, 7) is 4.81. The highest BCUT2D eigenvalue weighted by Gasteiger charge is 2.13. The Kier molecular flexibility index (Phi) is 6.50. The van der Waals surface area contributed by atoms with Crippen molar-refractivity contribution in [3.8, 4) is 0 Å². The standard InChI is InChI=1S/C16H21NO3/c1-13(2)12-17(11-10-16(19)20)15(18)9-8-14-6-4-3-5-7-14/h3-9,13H,10-12H2,1-2H3,(H,19,20)/b9-8+. The van der Waals surface area contributed by atoms with Gasteiger partial charge in [-0.25, -0.2) is 0 Å². The predicted molar refractivity (Wildman–Crippen MR) is 79.1 cm³/mol. The van der Waals surface area contributed by atoms with Crippen molar-refractivity contribution in [3.05, 3.63) is 42.0 Å². The minimum atomic E-state index is -0.890. The molecule has 0 radical (unpaired) electrons. The van der Waals surface area contributed by atoms with Crippen LogP contribution in [0.4, 0.5) is 0 Å². The summed E-state index contributed by atoms with van der Waals surface area (Å²) in [5, 5.41) is 8.73. The number of carboxylic acid groups (broad SMARTS) is 1. The van der Waals surface area contributed by atoms with E-state index in [0.717, 1.165) is 5.56 Å². The Morgan fingerprint density at radius 1 is 1.25 bits per heavy atom. The lowest BCUT2D eigenvalue weighted by molar-refractivity contribution is -0.138. The fraction of sp³-hybridized carbons (Fsp3) is 0.375. The molecule has 0 bridgehead atoms. The van der Waals surface area contributed by atoms with E-state index in [1.54, 1.807) is 11.0 Å². The monoisotopic (exact) mass is 275 g/mol. The molecule has 0 atom stereocenters. The topological polar surface area (TPSA) is 57.6 Å². The molecule has 0 heterocycles. The Labute approximate surface area is 119 Å². The Bertz CT molecular complexity index is 466. The van der Waals surface area contributed by atoms with Gasteiger partial charge in [0.25, 0.3) is 0 Å². The van der Waals surface area contributed by atoms with Crippen LogP contribution >= 0.6 is 0 Å². The molecule has 0 saturated heterocycles. The number of carbonyl (C=O) groups excluding carboxylic acids is 1. The first kappa shape index (κ1) is 16.0. The van der Waals surface area contributed by atoms with Gasteiger partial charge < -0.3 is 10.0 Å². The van der Waals surface area contributed by atoms with Gasteiger partial charge in [0.1, 0.15) is 0 Å². The second-order valence-electron chi connectivity index (χ2n) is 5.07. The molecule has 0 unspecified atom stereocenters. The molecule has 0 aromatic heterocycles. The molecule has 1 N–H and O–H groups in total. The van der Waals surface area contributed by atoms with Crippen LogP contribution in [0.3, 0.4) is 0 Å². The number of carboxylic acids is 1. The molecular formula is C16H21NO3. The maximum Gasteiger partial charge on any atom is 0.305 e. The lowest BCUT2D eigenvalue weighted by Gasteiger charge is -2.22. The highest BCUT2D eigenvalue weighted by atomic mass is 16.4. The first-order valence-corrected chi connectivity index (χ1v) is 6.73. The van der Waals surface area contributed by atoms with Crippen molar-refractivity contribution in [3.63, 3.8) is 0 Å². The summed E-state index contributed by atoms with van der Waals surface area (Å²) >= 11 is 0. The zero-order valence-electron chi connectivity index (χ0n) is 12.0. The van der Waals surface area contributed by atoms with Gasteiger partial charge in [-0.15, -0.1) is 0 Å². The van der Waals surface area contributed by atoms with Crippen molar-refractivity contribution < 1.29 is 14.7 Å². The summed E-state index contributed by atoms with van der Waals surface area (Å²) in [7, 11) is 0. The zero-order chi connectivity index (χ0) is 15.0. The SMILES string of the molecule is CC(C)CN(CCC(=O)O)C(=O)/C=C/c1ccccc1.